The van der Waals surface area contributed by atoms with Crippen LogP contribution in [0.15, 0.2) is 42.5 Å². The number of Topliss-reactive ketones (excluding diaryl/α,β-unsaturated/α-hetero) is 1. The topological polar surface area (TPSA) is 17.1 Å². The summed E-state index contributed by atoms with van der Waals surface area (Å²) in [5.41, 5.74) is 1.16. The summed E-state index contributed by atoms with van der Waals surface area (Å²) >= 11 is 3.71. The molecule has 1 fully saturated rings. The van der Waals surface area contributed by atoms with Crippen LogP contribution in [-0.2, 0) is 11.2 Å². The lowest BCUT2D eigenvalue weighted by atomic mass is 9.99. The highest BCUT2D eigenvalue weighted by molar-refractivity contribution is 8.19. The number of ketones is 1. The second-order valence-electron chi connectivity index (χ2n) is 5.40. The van der Waals surface area contributed by atoms with E-state index in [-0.39, 0.29) is 4.08 Å². The quantitative estimate of drug-likeness (QED) is 0.796. The highest BCUT2D eigenvalue weighted by atomic mass is 32.2. The summed E-state index contributed by atoms with van der Waals surface area (Å²) in [5.74, 6) is 2.61. The van der Waals surface area contributed by atoms with Crippen molar-refractivity contribution in [3.05, 3.63) is 48.0 Å². The number of carbonyl (C=O) groups excluding carboxylic acids is 1. The summed E-state index contributed by atoms with van der Waals surface area (Å²) in [7, 11) is 0. The molecule has 1 heterocycles. The fourth-order valence-corrected chi connectivity index (χ4v) is 6.02. The third-order valence-corrected chi connectivity index (χ3v) is 7.74. The first-order chi connectivity index (χ1) is 10.2. The van der Waals surface area contributed by atoms with Crippen molar-refractivity contribution < 1.29 is 4.79 Å². The third kappa shape index (κ3) is 3.00. The maximum Gasteiger partial charge on any atom is 0.163 e. The fourth-order valence-electron chi connectivity index (χ4n) is 2.89. The Balaban J connectivity index is 1.89. The highest BCUT2D eigenvalue weighted by Gasteiger charge is 2.39. The molecule has 110 valence electrons. The van der Waals surface area contributed by atoms with E-state index in [4.69, 9.17) is 0 Å². The Labute approximate surface area is 134 Å². The number of carbonyl (C=O) groups is 1. The molecular weight excluding hydrogens is 296 g/mol. The van der Waals surface area contributed by atoms with Crippen LogP contribution in [0, 0.1) is 0 Å². The Morgan fingerprint density at radius 3 is 2.57 bits per heavy atom. The van der Waals surface area contributed by atoms with Crippen LogP contribution in [0.25, 0.3) is 10.8 Å². The summed E-state index contributed by atoms with van der Waals surface area (Å²) < 4.78 is -0.213. The molecule has 0 radical (unpaired) electrons. The molecule has 0 aliphatic carbocycles. The molecule has 1 aliphatic rings. The minimum absolute atomic E-state index is 0.213. The number of hydrogen-bond donors (Lipinski definition) is 0. The van der Waals surface area contributed by atoms with Gasteiger partial charge in [0.05, 0.1) is 0 Å². The molecule has 0 atom stereocenters. The number of rotatable bonds is 4. The van der Waals surface area contributed by atoms with Crippen LogP contribution < -0.4 is 0 Å². The van der Waals surface area contributed by atoms with Crippen molar-refractivity contribution in [2.45, 2.75) is 30.3 Å². The molecule has 1 aliphatic heterocycles. The molecule has 0 spiro atoms. The smallest absolute Gasteiger partial charge is 0.163 e. The monoisotopic (exact) mass is 316 g/mol. The lowest BCUT2D eigenvalue weighted by molar-refractivity contribution is -0.118. The Morgan fingerprint density at radius 1 is 1.10 bits per heavy atom. The molecule has 1 nitrogen and oxygen atoms in total. The summed E-state index contributed by atoms with van der Waals surface area (Å²) in [6.45, 7) is 2.15. The van der Waals surface area contributed by atoms with E-state index in [9.17, 15) is 4.79 Å². The first-order valence-corrected chi connectivity index (χ1v) is 9.50. The van der Waals surface area contributed by atoms with E-state index < -0.39 is 0 Å². The largest absolute Gasteiger partial charge is 0.297 e. The molecule has 0 N–H and O–H groups in total. The molecule has 0 amide bonds. The maximum atomic E-state index is 12.9. The van der Waals surface area contributed by atoms with E-state index >= 15 is 0 Å². The second-order valence-corrected chi connectivity index (χ2v) is 8.44. The molecule has 1 saturated heterocycles. The van der Waals surface area contributed by atoms with E-state index in [0.717, 1.165) is 23.5 Å². The van der Waals surface area contributed by atoms with Crippen molar-refractivity contribution in [1.82, 2.24) is 0 Å². The van der Waals surface area contributed by atoms with Gasteiger partial charge in [-0.3, -0.25) is 4.79 Å². The first kappa shape index (κ1) is 15.0. The third-order valence-electron chi connectivity index (χ3n) is 4.08. The molecule has 3 rings (SSSR count). The Hall–Kier alpha value is -0.930. The van der Waals surface area contributed by atoms with E-state index in [1.54, 1.807) is 0 Å². The SMILES string of the molecule is CCC1(C(=O)Cc2cccc3ccccc23)SCCCS1. The van der Waals surface area contributed by atoms with Crippen LogP contribution in [0.2, 0.25) is 0 Å². The van der Waals surface area contributed by atoms with Gasteiger partial charge in [0.15, 0.2) is 5.78 Å². The predicted octanol–water partition coefficient (Wildman–Crippen LogP) is 4.93. The predicted molar refractivity (Wildman–Crippen MR) is 95.2 cm³/mol. The molecule has 0 aromatic heterocycles. The van der Waals surface area contributed by atoms with E-state index in [1.807, 2.05) is 29.6 Å². The zero-order chi connectivity index (χ0) is 14.7. The Morgan fingerprint density at radius 2 is 1.81 bits per heavy atom. The van der Waals surface area contributed by atoms with Crippen LogP contribution in [0.1, 0.15) is 25.3 Å². The molecule has 0 bridgehead atoms. The number of hydrogen-bond acceptors (Lipinski definition) is 3. The van der Waals surface area contributed by atoms with Gasteiger partial charge >= 0.3 is 0 Å². The van der Waals surface area contributed by atoms with Crippen LogP contribution >= 0.6 is 23.5 Å². The van der Waals surface area contributed by atoms with Gasteiger partial charge in [-0.2, -0.15) is 0 Å². The number of fused-ring (bicyclic) bond motifs is 1. The van der Waals surface area contributed by atoms with Gasteiger partial charge in [0.2, 0.25) is 0 Å². The molecule has 21 heavy (non-hydrogen) atoms. The van der Waals surface area contributed by atoms with E-state index in [0.29, 0.717) is 12.2 Å². The van der Waals surface area contributed by atoms with E-state index in [2.05, 4.69) is 43.3 Å². The van der Waals surface area contributed by atoms with Gasteiger partial charge in [-0.15, -0.1) is 23.5 Å². The summed E-state index contributed by atoms with van der Waals surface area (Å²) in [4.78, 5) is 12.9. The van der Waals surface area contributed by atoms with Crippen molar-refractivity contribution >= 4 is 40.1 Å². The maximum absolute atomic E-state index is 12.9. The second kappa shape index (κ2) is 6.45. The van der Waals surface area contributed by atoms with Crippen LogP contribution in [0.3, 0.4) is 0 Å². The molecular formula is C18H20OS2. The Kier molecular flexibility index (Phi) is 4.60. The lowest BCUT2D eigenvalue weighted by Gasteiger charge is -2.33. The molecule has 2 aromatic carbocycles. The van der Waals surface area contributed by atoms with Gasteiger partial charge < -0.3 is 0 Å². The van der Waals surface area contributed by atoms with Gasteiger partial charge in [0.1, 0.15) is 4.08 Å². The number of benzene rings is 2. The van der Waals surface area contributed by atoms with Crippen molar-refractivity contribution in [3.63, 3.8) is 0 Å². The molecule has 2 aromatic rings. The summed E-state index contributed by atoms with van der Waals surface area (Å²) in [5, 5.41) is 2.43. The zero-order valence-electron chi connectivity index (χ0n) is 12.3. The average Bonchev–Trinajstić information content (AvgIpc) is 2.56. The van der Waals surface area contributed by atoms with E-state index in [1.165, 1.54) is 17.2 Å². The summed E-state index contributed by atoms with van der Waals surface area (Å²) in [6, 6.07) is 14.6. The lowest BCUT2D eigenvalue weighted by Crippen LogP contribution is -2.35. The van der Waals surface area contributed by atoms with Crippen LogP contribution in [0.4, 0.5) is 0 Å². The Bertz CT molecular complexity index is 639. The van der Waals surface area contributed by atoms with Gasteiger partial charge in [-0.1, -0.05) is 49.4 Å². The van der Waals surface area contributed by atoms with Crippen molar-refractivity contribution in [2.24, 2.45) is 0 Å². The highest BCUT2D eigenvalue weighted by Crippen LogP contribution is 2.46. The molecule has 3 heteroatoms. The van der Waals surface area contributed by atoms with Gasteiger partial charge in [0.25, 0.3) is 0 Å². The van der Waals surface area contributed by atoms with Crippen LogP contribution in [0.5, 0.6) is 0 Å². The molecule has 0 unspecified atom stereocenters. The minimum atomic E-state index is -0.213. The van der Waals surface area contributed by atoms with Crippen LogP contribution in [-0.4, -0.2) is 21.4 Å². The summed E-state index contributed by atoms with van der Waals surface area (Å²) in [6.07, 6.45) is 2.69. The number of thioether (sulfide) groups is 2. The van der Waals surface area contributed by atoms with Crippen molar-refractivity contribution in [1.29, 1.82) is 0 Å². The van der Waals surface area contributed by atoms with Gasteiger partial charge in [0, 0.05) is 6.42 Å². The first-order valence-electron chi connectivity index (χ1n) is 7.53. The minimum Gasteiger partial charge on any atom is -0.297 e. The molecule has 0 saturated carbocycles. The zero-order valence-corrected chi connectivity index (χ0v) is 13.9. The van der Waals surface area contributed by atoms with Gasteiger partial charge in [-0.05, 0) is 40.7 Å². The van der Waals surface area contributed by atoms with Crippen molar-refractivity contribution in [2.75, 3.05) is 11.5 Å². The van der Waals surface area contributed by atoms with Gasteiger partial charge in [-0.25, -0.2) is 0 Å². The van der Waals surface area contributed by atoms with Crippen molar-refractivity contribution in [3.8, 4) is 0 Å². The normalized spacial score (nSPS) is 17.8. The fraction of sp³-hybridized carbons (Fsp3) is 0.389. The average molecular weight is 316 g/mol. The standard InChI is InChI=1S/C18H20OS2/c1-2-18(20-11-6-12-21-18)17(19)13-15-9-5-8-14-7-3-4-10-16(14)15/h3-5,7-10H,2,6,11-13H2,1H3.